The van der Waals surface area contributed by atoms with Crippen LogP contribution in [0.15, 0.2) is 39.9 Å². The highest BCUT2D eigenvalue weighted by Crippen LogP contribution is 2.22. The number of nitrogens with one attached hydrogen (secondary N) is 3. The lowest BCUT2D eigenvalue weighted by molar-refractivity contribution is 0.0955. The number of benzene rings is 1. The summed E-state index contributed by atoms with van der Waals surface area (Å²) in [6.45, 7) is 12.4. The second-order valence-electron chi connectivity index (χ2n) is 7.48. The zero-order valence-electron chi connectivity index (χ0n) is 17.4. The number of aliphatic imine (C=N–C) groups is 1. The Morgan fingerprint density at radius 3 is 2.54 bits per heavy atom. The summed E-state index contributed by atoms with van der Waals surface area (Å²) in [4.78, 5) is 20.9. The maximum absolute atomic E-state index is 12.0. The van der Waals surface area contributed by atoms with Crippen LogP contribution >= 0.6 is 0 Å². The van der Waals surface area contributed by atoms with Crippen molar-refractivity contribution in [2.75, 3.05) is 13.1 Å². The zero-order chi connectivity index (χ0) is 20.6. The molecule has 0 saturated carbocycles. The minimum Gasteiger partial charge on any atom is -0.443 e. The Labute approximate surface area is 167 Å². The Balaban J connectivity index is 2.01. The molecule has 2 rings (SSSR count). The quantitative estimate of drug-likeness (QED) is 0.503. The van der Waals surface area contributed by atoms with Crippen molar-refractivity contribution in [1.82, 2.24) is 20.9 Å². The molecule has 0 spiro atoms. The largest absolute Gasteiger partial charge is 0.443 e. The van der Waals surface area contributed by atoms with E-state index in [1.807, 2.05) is 32.0 Å². The highest BCUT2D eigenvalue weighted by atomic mass is 16.4. The summed E-state index contributed by atoms with van der Waals surface area (Å²) in [7, 11) is 0. The number of carbonyl (C=O) groups excluding carboxylic acids is 1. The molecule has 3 N–H and O–H groups in total. The van der Waals surface area contributed by atoms with Gasteiger partial charge in [-0.3, -0.25) is 4.79 Å². The summed E-state index contributed by atoms with van der Waals surface area (Å²) < 4.78 is 5.80. The summed E-state index contributed by atoms with van der Waals surface area (Å²) >= 11 is 0. The van der Waals surface area contributed by atoms with Crippen molar-refractivity contribution < 1.29 is 9.21 Å². The van der Waals surface area contributed by atoms with Gasteiger partial charge in [-0.15, -0.1) is 0 Å². The van der Waals surface area contributed by atoms with Crippen LogP contribution in [0.3, 0.4) is 0 Å². The topological polar surface area (TPSA) is 91.5 Å². The molecule has 0 radical (unpaired) electrons. The summed E-state index contributed by atoms with van der Waals surface area (Å²) in [6.07, 6.45) is 1.77. The Bertz CT molecular complexity index is 805. The predicted molar refractivity (Wildman–Crippen MR) is 111 cm³/mol. The number of aromatic nitrogens is 1. The van der Waals surface area contributed by atoms with Crippen molar-refractivity contribution >= 4 is 11.9 Å². The van der Waals surface area contributed by atoms with Crippen LogP contribution in [-0.2, 0) is 18.5 Å². The highest BCUT2D eigenvalue weighted by Gasteiger charge is 2.19. The van der Waals surface area contributed by atoms with Crippen molar-refractivity contribution in [3.8, 4) is 0 Å². The number of oxazole rings is 1. The van der Waals surface area contributed by atoms with E-state index < -0.39 is 0 Å². The first-order chi connectivity index (χ1) is 13.3. The SMILES string of the molecule is CCNC(=O)c1cccc(CN=C(NCC)NCc2ncc(C(C)(C)C)o2)c1. The van der Waals surface area contributed by atoms with Crippen LogP contribution in [-0.4, -0.2) is 29.9 Å². The van der Waals surface area contributed by atoms with Crippen LogP contribution in [0.25, 0.3) is 0 Å². The summed E-state index contributed by atoms with van der Waals surface area (Å²) in [6, 6.07) is 7.49. The standard InChI is InChI=1S/C21H31N5O2/c1-6-22-19(27)16-10-8-9-15(11-16)12-25-20(23-7-2)26-14-18-24-13-17(28-18)21(3,4)5/h8-11,13H,6-7,12,14H2,1-5H3,(H,22,27)(H2,23,25,26). The minimum absolute atomic E-state index is 0.0705. The first-order valence-electron chi connectivity index (χ1n) is 9.68. The van der Waals surface area contributed by atoms with E-state index >= 15 is 0 Å². The summed E-state index contributed by atoms with van der Waals surface area (Å²) in [5.74, 6) is 2.07. The monoisotopic (exact) mass is 385 g/mol. The fourth-order valence-corrected chi connectivity index (χ4v) is 2.48. The molecular formula is C21H31N5O2. The van der Waals surface area contributed by atoms with Crippen molar-refractivity contribution in [2.24, 2.45) is 4.99 Å². The van der Waals surface area contributed by atoms with Crippen molar-refractivity contribution in [3.05, 3.63) is 53.2 Å². The maximum Gasteiger partial charge on any atom is 0.251 e. The molecule has 0 atom stereocenters. The third-order valence-corrected chi connectivity index (χ3v) is 3.99. The van der Waals surface area contributed by atoms with Gasteiger partial charge in [-0.1, -0.05) is 32.9 Å². The molecule has 2 aromatic rings. The lowest BCUT2D eigenvalue weighted by Crippen LogP contribution is -2.36. The highest BCUT2D eigenvalue weighted by molar-refractivity contribution is 5.94. The Hall–Kier alpha value is -2.83. The molecule has 152 valence electrons. The second kappa shape index (κ2) is 9.92. The molecule has 0 aliphatic heterocycles. The normalized spacial score (nSPS) is 12.0. The van der Waals surface area contributed by atoms with Crippen LogP contribution in [0.2, 0.25) is 0 Å². The van der Waals surface area contributed by atoms with Gasteiger partial charge in [0.25, 0.3) is 5.91 Å². The van der Waals surface area contributed by atoms with E-state index in [4.69, 9.17) is 4.42 Å². The molecular weight excluding hydrogens is 354 g/mol. The number of hydrogen-bond acceptors (Lipinski definition) is 4. The van der Waals surface area contributed by atoms with E-state index in [0.717, 1.165) is 17.9 Å². The molecule has 7 heteroatoms. The maximum atomic E-state index is 12.0. The zero-order valence-corrected chi connectivity index (χ0v) is 17.4. The van der Waals surface area contributed by atoms with Gasteiger partial charge in [0, 0.05) is 24.1 Å². The summed E-state index contributed by atoms with van der Waals surface area (Å²) in [5, 5.41) is 9.25. The van der Waals surface area contributed by atoms with Gasteiger partial charge < -0.3 is 20.4 Å². The molecule has 7 nitrogen and oxygen atoms in total. The van der Waals surface area contributed by atoms with Gasteiger partial charge in [-0.05, 0) is 31.5 Å². The van der Waals surface area contributed by atoms with Gasteiger partial charge in [0.2, 0.25) is 5.89 Å². The van der Waals surface area contributed by atoms with E-state index in [9.17, 15) is 4.79 Å². The molecule has 0 aliphatic rings. The van der Waals surface area contributed by atoms with E-state index in [1.165, 1.54) is 0 Å². The van der Waals surface area contributed by atoms with Crippen LogP contribution in [0.1, 0.15) is 62.2 Å². The lowest BCUT2D eigenvalue weighted by Gasteiger charge is -2.13. The number of amides is 1. The van der Waals surface area contributed by atoms with E-state index in [-0.39, 0.29) is 11.3 Å². The molecule has 1 amide bonds. The molecule has 0 unspecified atom stereocenters. The predicted octanol–water partition coefficient (Wildman–Crippen LogP) is 2.98. The van der Waals surface area contributed by atoms with Crippen LogP contribution in [0.5, 0.6) is 0 Å². The number of nitrogens with zero attached hydrogens (tertiary/aromatic N) is 2. The number of hydrogen-bond donors (Lipinski definition) is 3. The molecule has 1 heterocycles. The Morgan fingerprint density at radius 1 is 1.14 bits per heavy atom. The molecule has 0 saturated heterocycles. The van der Waals surface area contributed by atoms with Gasteiger partial charge >= 0.3 is 0 Å². The number of carbonyl (C=O) groups is 1. The third-order valence-electron chi connectivity index (χ3n) is 3.99. The van der Waals surface area contributed by atoms with Crippen molar-refractivity contribution in [1.29, 1.82) is 0 Å². The van der Waals surface area contributed by atoms with E-state index in [0.29, 0.717) is 37.0 Å². The van der Waals surface area contributed by atoms with Gasteiger partial charge in [0.05, 0.1) is 19.3 Å². The van der Waals surface area contributed by atoms with Gasteiger partial charge in [-0.2, -0.15) is 0 Å². The number of guanidine groups is 1. The van der Waals surface area contributed by atoms with Crippen LogP contribution < -0.4 is 16.0 Å². The average Bonchev–Trinajstić information content (AvgIpc) is 3.14. The Morgan fingerprint density at radius 2 is 1.89 bits per heavy atom. The second-order valence-corrected chi connectivity index (χ2v) is 7.48. The molecule has 0 bridgehead atoms. The van der Waals surface area contributed by atoms with Gasteiger partial charge in [-0.25, -0.2) is 9.98 Å². The smallest absolute Gasteiger partial charge is 0.251 e. The Kier molecular flexibility index (Phi) is 7.61. The van der Waals surface area contributed by atoms with Crippen molar-refractivity contribution in [2.45, 2.75) is 53.1 Å². The number of rotatable bonds is 7. The first kappa shape index (κ1) is 21.5. The molecule has 0 aliphatic carbocycles. The fraction of sp³-hybridized carbons (Fsp3) is 0.476. The molecule has 28 heavy (non-hydrogen) atoms. The molecule has 1 aromatic heterocycles. The van der Waals surface area contributed by atoms with Gasteiger partial charge in [0.1, 0.15) is 5.76 Å². The first-order valence-corrected chi connectivity index (χ1v) is 9.68. The van der Waals surface area contributed by atoms with E-state index in [2.05, 4.69) is 46.7 Å². The van der Waals surface area contributed by atoms with Crippen LogP contribution in [0.4, 0.5) is 0 Å². The van der Waals surface area contributed by atoms with E-state index in [1.54, 1.807) is 12.3 Å². The molecule has 1 aromatic carbocycles. The average molecular weight is 386 g/mol. The molecule has 0 fully saturated rings. The fourth-order valence-electron chi connectivity index (χ4n) is 2.48. The lowest BCUT2D eigenvalue weighted by atomic mass is 9.94. The third kappa shape index (κ3) is 6.40. The van der Waals surface area contributed by atoms with Crippen molar-refractivity contribution in [3.63, 3.8) is 0 Å². The van der Waals surface area contributed by atoms with Gasteiger partial charge in [0.15, 0.2) is 5.96 Å². The minimum atomic E-state index is -0.0723. The summed E-state index contributed by atoms with van der Waals surface area (Å²) in [5.41, 5.74) is 1.54. The van der Waals surface area contributed by atoms with Crippen LogP contribution in [0, 0.1) is 0 Å².